The second-order valence-corrected chi connectivity index (χ2v) is 5.97. The summed E-state index contributed by atoms with van der Waals surface area (Å²) >= 11 is 0. The summed E-state index contributed by atoms with van der Waals surface area (Å²) in [4.78, 5) is 25.2. The van der Waals surface area contributed by atoms with E-state index in [9.17, 15) is 14.0 Å². The third kappa shape index (κ3) is 3.40. The van der Waals surface area contributed by atoms with Crippen LogP contribution >= 0.6 is 0 Å². The van der Waals surface area contributed by atoms with E-state index < -0.39 is 29.4 Å². The van der Waals surface area contributed by atoms with Crippen molar-refractivity contribution in [2.24, 2.45) is 0 Å². The number of benzene rings is 1. The summed E-state index contributed by atoms with van der Waals surface area (Å²) < 4.78 is 39.2. The molecule has 1 fully saturated rings. The van der Waals surface area contributed by atoms with Gasteiger partial charge in [0, 0.05) is 24.6 Å². The Morgan fingerprint density at radius 3 is 2.84 bits per heavy atom. The molecule has 1 aromatic carbocycles. The van der Waals surface area contributed by atoms with Gasteiger partial charge >= 0.3 is 0 Å². The zero-order valence-electron chi connectivity index (χ0n) is 13.6. The Balaban J connectivity index is 1.67. The molecular formula is C18H17F2NO4. The normalized spacial score (nSPS) is 19.9. The molecule has 7 heteroatoms. The first-order valence-corrected chi connectivity index (χ1v) is 7.83. The van der Waals surface area contributed by atoms with Gasteiger partial charge in [-0.25, -0.2) is 8.78 Å². The topological polar surface area (TPSA) is 59.8 Å². The largest absolute Gasteiger partial charge is 0.476 e. The number of likely N-dealkylation sites (tertiary alicyclic amines) is 1. The number of nitrogens with zero attached hydrogens (tertiary/aromatic N) is 1. The van der Waals surface area contributed by atoms with Crippen LogP contribution in [-0.2, 0) is 10.5 Å². The zero-order valence-corrected chi connectivity index (χ0v) is 13.6. The molecule has 132 valence electrons. The minimum absolute atomic E-state index is 0.00613. The summed E-state index contributed by atoms with van der Waals surface area (Å²) in [6.45, 7) is 1.03. The van der Waals surface area contributed by atoms with Crippen LogP contribution in [-0.4, -0.2) is 30.5 Å². The van der Waals surface area contributed by atoms with E-state index in [-0.39, 0.29) is 36.6 Å². The molecule has 0 N–H and O–H groups in total. The van der Waals surface area contributed by atoms with Crippen molar-refractivity contribution in [3.63, 3.8) is 0 Å². The Kier molecular flexibility index (Phi) is 4.57. The number of alkyl halides is 1. The molecule has 0 saturated carbocycles. The summed E-state index contributed by atoms with van der Waals surface area (Å²) in [6.07, 6.45) is 1.24. The minimum atomic E-state index is -1.93. The number of ether oxygens (including phenoxy) is 1. The predicted octanol–water partition coefficient (Wildman–Crippen LogP) is 2.56. The van der Waals surface area contributed by atoms with Crippen molar-refractivity contribution in [3.05, 3.63) is 64.0 Å². The Morgan fingerprint density at radius 2 is 2.12 bits per heavy atom. The highest BCUT2D eigenvalue weighted by atomic mass is 19.1. The highest BCUT2D eigenvalue weighted by Gasteiger charge is 2.43. The summed E-state index contributed by atoms with van der Waals surface area (Å²) in [5.41, 5.74) is -2.38. The van der Waals surface area contributed by atoms with Gasteiger partial charge in [-0.05, 0) is 13.0 Å². The molecule has 25 heavy (non-hydrogen) atoms. The third-order valence-electron chi connectivity index (χ3n) is 4.28. The molecule has 1 amide bonds. The number of rotatable bonds is 4. The molecule has 1 atom stereocenters. The van der Waals surface area contributed by atoms with E-state index in [0.29, 0.717) is 0 Å². The van der Waals surface area contributed by atoms with Gasteiger partial charge in [-0.15, -0.1) is 0 Å². The zero-order chi connectivity index (χ0) is 18.0. The summed E-state index contributed by atoms with van der Waals surface area (Å²) in [7, 11) is 0. The molecule has 1 unspecified atom stereocenters. The summed E-state index contributed by atoms with van der Waals surface area (Å²) in [5, 5.41) is 0. The van der Waals surface area contributed by atoms with Gasteiger partial charge in [-0.1, -0.05) is 18.2 Å². The van der Waals surface area contributed by atoms with Crippen molar-refractivity contribution in [2.45, 2.75) is 19.0 Å². The van der Waals surface area contributed by atoms with E-state index in [2.05, 4.69) is 0 Å². The molecule has 1 saturated heterocycles. The van der Waals surface area contributed by atoms with Crippen molar-refractivity contribution in [2.75, 3.05) is 19.7 Å². The van der Waals surface area contributed by atoms with Crippen molar-refractivity contribution in [3.8, 4) is 5.75 Å². The van der Waals surface area contributed by atoms with Gasteiger partial charge in [0.05, 0.1) is 12.8 Å². The number of hydrogen-bond acceptors (Lipinski definition) is 4. The average Bonchev–Trinajstić information content (AvgIpc) is 2.98. The van der Waals surface area contributed by atoms with E-state index in [1.807, 2.05) is 0 Å². The quantitative estimate of drug-likeness (QED) is 0.851. The lowest BCUT2D eigenvalue weighted by Crippen LogP contribution is -2.36. The van der Waals surface area contributed by atoms with Crippen LogP contribution in [0.1, 0.15) is 17.7 Å². The first-order chi connectivity index (χ1) is 11.9. The minimum Gasteiger partial charge on any atom is -0.476 e. The van der Waals surface area contributed by atoms with Gasteiger partial charge in [0.25, 0.3) is 5.91 Å². The highest BCUT2D eigenvalue weighted by Crippen LogP contribution is 2.37. The van der Waals surface area contributed by atoms with Crippen LogP contribution < -0.4 is 10.2 Å². The maximum absolute atomic E-state index is 15.1. The maximum atomic E-state index is 15.1. The first-order valence-electron chi connectivity index (χ1n) is 7.83. The Morgan fingerprint density at radius 1 is 1.36 bits per heavy atom. The van der Waals surface area contributed by atoms with E-state index >= 15 is 4.39 Å². The van der Waals surface area contributed by atoms with Crippen LogP contribution in [0.4, 0.5) is 8.78 Å². The van der Waals surface area contributed by atoms with Crippen LogP contribution in [0.5, 0.6) is 5.75 Å². The molecule has 1 aromatic heterocycles. The van der Waals surface area contributed by atoms with Gasteiger partial charge in [-0.3, -0.25) is 9.59 Å². The second kappa shape index (κ2) is 6.66. The van der Waals surface area contributed by atoms with Crippen LogP contribution in [0.25, 0.3) is 0 Å². The van der Waals surface area contributed by atoms with E-state index in [1.54, 1.807) is 13.0 Å². The summed E-state index contributed by atoms with van der Waals surface area (Å²) in [6, 6.07) is 6.82. The molecule has 2 heterocycles. The Bertz CT molecular complexity index is 851. The van der Waals surface area contributed by atoms with Crippen molar-refractivity contribution >= 4 is 5.91 Å². The van der Waals surface area contributed by atoms with Gasteiger partial charge in [0.15, 0.2) is 12.3 Å². The number of aryl methyl sites for hydroxylation is 1. The third-order valence-corrected chi connectivity index (χ3v) is 4.28. The second-order valence-electron chi connectivity index (χ2n) is 5.97. The average molecular weight is 349 g/mol. The SMILES string of the molecule is Cc1occc(=O)c1OCC(=O)N1CCC(F)(c2ccccc2F)C1. The van der Waals surface area contributed by atoms with Crippen molar-refractivity contribution in [1.82, 2.24) is 4.90 Å². The van der Waals surface area contributed by atoms with Crippen LogP contribution in [0, 0.1) is 12.7 Å². The Hall–Kier alpha value is -2.70. The number of hydrogen-bond donors (Lipinski definition) is 0. The number of carbonyl (C=O) groups excluding carboxylic acids is 1. The molecule has 5 nitrogen and oxygen atoms in total. The van der Waals surface area contributed by atoms with Crippen LogP contribution in [0.2, 0.25) is 0 Å². The monoisotopic (exact) mass is 349 g/mol. The van der Waals surface area contributed by atoms with E-state index in [4.69, 9.17) is 9.15 Å². The summed E-state index contributed by atoms with van der Waals surface area (Å²) in [5.74, 6) is -0.893. The molecule has 0 bridgehead atoms. The lowest BCUT2D eigenvalue weighted by Gasteiger charge is -2.22. The number of amides is 1. The molecule has 0 spiro atoms. The fourth-order valence-corrected chi connectivity index (χ4v) is 2.93. The van der Waals surface area contributed by atoms with E-state index in [1.165, 1.54) is 35.4 Å². The fraction of sp³-hybridized carbons (Fsp3) is 0.333. The van der Waals surface area contributed by atoms with Crippen LogP contribution in [0.3, 0.4) is 0 Å². The molecule has 3 rings (SSSR count). The maximum Gasteiger partial charge on any atom is 0.260 e. The smallest absolute Gasteiger partial charge is 0.260 e. The first kappa shape index (κ1) is 17.1. The van der Waals surface area contributed by atoms with Crippen molar-refractivity contribution < 1.29 is 22.7 Å². The lowest BCUT2D eigenvalue weighted by molar-refractivity contribution is -0.132. The van der Waals surface area contributed by atoms with Gasteiger partial charge in [0.1, 0.15) is 11.6 Å². The van der Waals surface area contributed by atoms with Crippen LogP contribution in [0.15, 0.2) is 45.8 Å². The van der Waals surface area contributed by atoms with Gasteiger partial charge in [0.2, 0.25) is 11.2 Å². The lowest BCUT2D eigenvalue weighted by atomic mass is 9.94. The highest BCUT2D eigenvalue weighted by molar-refractivity contribution is 5.78. The standard InChI is InChI=1S/C18H17F2NO4/c1-12-17(15(22)6-9-24-12)25-10-16(23)21-8-7-18(20,11-21)13-4-2-3-5-14(13)19/h2-6,9H,7-8,10-11H2,1H3. The molecular weight excluding hydrogens is 332 g/mol. The number of carbonyl (C=O) groups is 1. The number of halogens is 2. The van der Waals surface area contributed by atoms with Gasteiger partial charge in [-0.2, -0.15) is 0 Å². The molecule has 0 radical (unpaired) electrons. The molecule has 1 aliphatic heterocycles. The molecule has 1 aliphatic rings. The fourth-order valence-electron chi connectivity index (χ4n) is 2.93. The predicted molar refractivity (Wildman–Crippen MR) is 85.6 cm³/mol. The van der Waals surface area contributed by atoms with Gasteiger partial charge < -0.3 is 14.1 Å². The molecule has 0 aliphatic carbocycles. The van der Waals surface area contributed by atoms with E-state index in [0.717, 1.165) is 0 Å². The Labute approximate surface area is 142 Å². The molecule has 2 aromatic rings. The van der Waals surface area contributed by atoms with Crippen molar-refractivity contribution in [1.29, 1.82) is 0 Å².